The van der Waals surface area contributed by atoms with E-state index in [1.807, 2.05) is 37.3 Å². The highest BCUT2D eigenvalue weighted by Gasteiger charge is 2.16. The Morgan fingerprint density at radius 2 is 2.11 bits per heavy atom. The van der Waals surface area contributed by atoms with Crippen LogP contribution in [0.1, 0.15) is 17.7 Å². The van der Waals surface area contributed by atoms with E-state index in [1.54, 1.807) is 13.4 Å². The van der Waals surface area contributed by atoms with Gasteiger partial charge in [-0.3, -0.25) is 4.90 Å². The average molecular weight is 404 g/mol. The molecule has 7 heteroatoms. The van der Waals surface area contributed by atoms with Gasteiger partial charge in [-0.2, -0.15) is 0 Å². The van der Waals surface area contributed by atoms with Crippen molar-refractivity contribution in [3.8, 4) is 5.75 Å². The lowest BCUT2D eigenvalue weighted by Crippen LogP contribution is -2.40. The molecule has 1 aliphatic rings. The van der Waals surface area contributed by atoms with Crippen molar-refractivity contribution in [1.29, 1.82) is 0 Å². The summed E-state index contributed by atoms with van der Waals surface area (Å²) in [5, 5.41) is 4.01. The molecule has 0 spiro atoms. The summed E-state index contributed by atoms with van der Waals surface area (Å²) >= 11 is 5.72. The van der Waals surface area contributed by atoms with E-state index in [4.69, 9.17) is 26.1 Å². The van der Waals surface area contributed by atoms with Gasteiger partial charge in [-0.05, 0) is 55.4 Å². The summed E-state index contributed by atoms with van der Waals surface area (Å²) in [5.74, 6) is 1.68. The Morgan fingerprint density at radius 1 is 1.29 bits per heavy atom. The first-order valence-corrected chi connectivity index (χ1v) is 10.1. The van der Waals surface area contributed by atoms with E-state index < -0.39 is 0 Å². The predicted octanol–water partition coefficient (Wildman–Crippen LogP) is 3.52. The molecule has 0 saturated carbocycles. The van der Waals surface area contributed by atoms with Gasteiger partial charge in [0, 0.05) is 26.2 Å². The summed E-state index contributed by atoms with van der Waals surface area (Å²) in [6.07, 6.45) is 2.72. The minimum absolute atomic E-state index is 0.635. The molecule has 152 valence electrons. The molecule has 6 nitrogen and oxygen atoms in total. The van der Waals surface area contributed by atoms with Gasteiger partial charge in [-0.25, -0.2) is 0 Å². The Balaban J connectivity index is 1.62. The van der Waals surface area contributed by atoms with E-state index >= 15 is 0 Å². The first kappa shape index (κ1) is 20.6. The van der Waals surface area contributed by atoms with Gasteiger partial charge in [-0.15, -0.1) is 0 Å². The van der Waals surface area contributed by atoms with Crippen LogP contribution in [0.3, 0.4) is 0 Å². The number of ether oxygens (including phenoxy) is 2. The second-order valence-electron chi connectivity index (χ2n) is 6.94. The molecule has 0 radical (unpaired) electrons. The monoisotopic (exact) mass is 403 g/mol. The molecule has 1 aromatic carbocycles. The van der Waals surface area contributed by atoms with Crippen LogP contribution in [0.5, 0.6) is 5.75 Å². The number of furan rings is 1. The van der Waals surface area contributed by atoms with Crippen LogP contribution in [-0.2, 0) is 11.3 Å². The first-order valence-electron chi connectivity index (χ1n) is 9.69. The molecule has 3 rings (SSSR count). The van der Waals surface area contributed by atoms with Gasteiger partial charge >= 0.3 is 0 Å². The van der Waals surface area contributed by atoms with Crippen molar-refractivity contribution in [2.75, 3.05) is 51.8 Å². The van der Waals surface area contributed by atoms with Crippen LogP contribution in [0.15, 0.2) is 41.0 Å². The van der Waals surface area contributed by atoms with Gasteiger partial charge in [0.2, 0.25) is 0 Å². The Morgan fingerprint density at radius 3 is 2.82 bits per heavy atom. The fraction of sp³-hybridized carbons (Fsp3) is 0.476. The zero-order valence-electron chi connectivity index (χ0n) is 16.6. The number of aryl methyl sites for hydroxylation is 1. The highest BCUT2D eigenvalue weighted by molar-refractivity contribution is 7.80. The molecule has 2 heterocycles. The number of rotatable bonds is 8. The van der Waals surface area contributed by atoms with Gasteiger partial charge in [0.05, 0.1) is 38.8 Å². The molecule has 1 N–H and O–H groups in total. The maximum atomic E-state index is 5.72. The van der Waals surface area contributed by atoms with E-state index in [2.05, 4.69) is 15.1 Å². The molecular weight excluding hydrogens is 374 g/mol. The summed E-state index contributed by atoms with van der Waals surface area (Å²) in [6.45, 7) is 8.21. The number of hydrogen-bond acceptors (Lipinski definition) is 5. The molecule has 0 bridgehead atoms. The number of benzene rings is 1. The number of anilines is 1. The second-order valence-corrected chi connectivity index (χ2v) is 7.33. The molecule has 0 unspecified atom stereocenters. The third-order valence-electron chi connectivity index (χ3n) is 4.82. The van der Waals surface area contributed by atoms with Crippen LogP contribution in [-0.4, -0.2) is 61.4 Å². The van der Waals surface area contributed by atoms with Crippen LogP contribution in [0.4, 0.5) is 5.69 Å². The number of thiocarbonyl (C=S) groups is 1. The lowest BCUT2D eigenvalue weighted by Gasteiger charge is -2.29. The van der Waals surface area contributed by atoms with Gasteiger partial charge < -0.3 is 24.1 Å². The Hall–Kier alpha value is -2.09. The maximum Gasteiger partial charge on any atom is 0.173 e. The van der Waals surface area contributed by atoms with Gasteiger partial charge in [0.25, 0.3) is 0 Å². The normalized spacial score (nSPS) is 14.6. The molecule has 2 aromatic rings. The first-order chi connectivity index (χ1) is 13.7. The van der Waals surface area contributed by atoms with E-state index in [1.165, 1.54) is 0 Å². The van der Waals surface area contributed by atoms with Crippen molar-refractivity contribution in [2.24, 2.45) is 0 Å². The molecule has 0 atom stereocenters. The zero-order valence-corrected chi connectivity index (χ0v) is 17.5. The number of nitrogens with zero attached hydrogens (tertiary/aromatic N) is 2. The minimum atomic E-state index is 0.635. The smallest absolute Gasteiger partial charge is 0.173 e. The summed E-state index contributed by atoms with van der Waals surface area (Å²) in [4.78, 5) is 4.59. The van der Waals surface area contributed by atoms with Crippen LogP contribution in [0.25, 0.3) is 0 Å². The number of methoxy groups -OCH3 is 1. The molecule has 28 heavy (non-hydrogen) atoms. The second kappa shape index (κ2) is 10.5. The standard InChI is InChI=1S/C21H29N3O3S/c1-17-6-7-19(20(15-17)25-2)22-21(28)24(16-18-5-3-12-27-18)9-4-8-23-10-13-26-14-11-23/h3,5-7,12,15H,4,8-11,13-14,16H2,1-2H3,(H,22,28). The lowest BCUT2D eigenvalue weighted by molar-refractivity contribution is 0.0367. The molecule has 1 aromatic heterocycles. The minimum Gasteiger partial charge on any atom is -0.495 e. The number of nitrogens with one attached hydrogen (secondary N) is 1. The predicted molar refractivity (Wildman–Crippen MR) is 115 cm³/mol. The van der Waals surface area contributed by atoms with Crippen LogP contribution < -0.4 is 10.1 Å². The molecule has 0 aliphatic carbocycles. The fourth-order valence-corrected chi connectivity index (χ4v) is 3.51. The Labute approximate surface area is 172 Å². The van der Waals surface area contributed by atoms with E-state index in [0.29, 0.717) is 11.7 Å². The van der Waals surface area contributed by atoms with Crippen molar-refractivity contribution < 1.29 is 13.9 Å². The van der Waals surface area contributed by atoms with Crippen molar-refractivity contribution in [3.05, 3.63) is 47.9 Å². The average Bonchev–Trinajstić information content (AvgIpc) is 3.22. The maximum absolute atomic E-state index is 5.72. The largest absolute Gasteiger partial charge is 0.495 e. The van der Waals surface area contributed by atoms with Crippen molar-refractivity contribution in [2.45, 2.75) is 19.9 Å². The van der Waals surface area contributed by atoms with E-state index in [0.717, 1.165) is 68.6 Å². The number of morpholine rings is 1. The van der Waals surface area contributed by atoms with Crippen molar-refractivity contribution in [3.63, 3.8) is 0 Å². The summed E-state index contributed by atoms with van der Waals surface area (Å²) in [5.41, 5.74) is 2.02. The molecular formula is C21H29N3O3S. The van der Waals surface area contributed by atoms with E-state index in [9.17, 15) is 0 Å². The van der Waals surface area contributed by atoms with Crippen molar-refractivity contribution >= 4 is 23.0 Å². The van der Waals surface area contributed by atoms with Gasteiger partial charge in [0.1, 0.15) is 11.5 Å². The molecule has 1 fully saturated rings. The molecule has 0 amide bonds. The number of hydrogen-bond donors (Lipinski definition) is 1. The van der Waals surface area contributed by atoms with Crippen molar-refractivity contribution in [1.82, 2.24) is 9.80 Å². The Bertz CT molecular complexity index is 745. The third-order valence-corrected chi connectivity index (χ3v) is 5.18. The highest BCUT2D eigenvalue weighted by Crippen LogP contribution is 2.26. The quantitative estimate of drug-likeness (QED) is 0.677. The summed E-state index contributed by atoms with van der Waals surface area (Å²) in [6, 6.07) is 9.92. The Kier molecular flexibility index (Phi) is 7.71. The molecule has 1 saturated heterocycles. The van der Waals surface area contributed by atoms with E-state index in [-0.39, 0.29) is 0 Å². The molecule has 1 aliphatic heterocycles. The van der Waals surface area contributed by atoms with Crippen LogP contribution >= 0.6 is 12.2 Å². The lowest BCUT2D eigenvalue weighted by atomic mass is 10.2. The van der Waals surface area contributed by atoms with Gasteiger partial charge in [-0.1, -0.05) is 6.07 Å². The fourth-order valence-electron chi connectivity index (χ4n) is 3.25. The zero-order chi connectivity index (χ0) is 19.8. The van der Waals surface area contributed by atoms with Gasteiger partial charge in [0.15, 0.2) is 5.11 Å². The SMILES string of the molecule is COc1cc(C)ccc1NC(=S)N(CCCN1CCOCC1)Cc1ccco1. The highest BCUT2D eigenvalue weighted by atomic mass is 32.1. The van der Waals surface area contributed by atoms with Crippen LogP contribution in [0.2, 0.25) is 0 Å². The summed E-state index contributed by atoms with van der Waals surface area (Å²) < 4.78 is 16.5. The van der Waals surface area contributed by atoms with Crippen LogP contribution in [0, 0.1) is 6.92 Å². The summed E-state index contributed by atoms with van der Waals surface area (Å²) in [7, 11) is 1.67. The topological polar surface area (TPSA) is 50.1 Å². The third kappa shape index (κ3) is 5.95.